The van der Waals surface area contributed by atoms with Gasteiger partial charge in [-0.15, -0.1) is 0 Å². The van der Waals surface area contributed by atoms with Crippen LogP contribution in [-0.2, 0) is 9.59 Å². The van der Waals surface area contributed by atoms with Crippen molar-refractivity contribution < 1.29 is 19.1 Å². The Morgan fingerprint density at radius 1 is 0.931 bits per heavy atom. The highest BCUT2D eigenvalue weighted by atomic mass is 35.5. The average molecular weight is 408 g/mol. The number of rotatable bonds is 3. The monoisotopic (exact) mass is 407 g/mol. The number of hydrogen-bond donors (Lipinski definition) is 1. The summed E-state index contributed by atoms with van der Waals surface area (Å²) in [5.74, 6) is -2.50. The molecule has 3 aromatic carbocycles. The molecule has 1 aliphatic rings. The third kappa shape index (κ3) is 3.41. The quantitative estimate of drug-likeness (QED) is 0.373. The van der Waals surface area contributed by atoms with Crippen molar-refractivity contribution in [1.29, 1.82) is 0 Å². The van der Waals surface area contributed by atoms with Crippen molar-refractivity contribution in [2.24, 2.45) is 0 Å². The van der Waals surface area contributed by atoms with Gasteiger partial charge < -0.3 is 5.11 Å². The number of halogens is 2. The Kier molecular flexibility index (Phi) is 4.91. The molecule has 1 aliphatic heterocycles. The summed E-state index contributed by atoms with van der Waals surface area (Å²) in [6, 6.07) is 19.5. The molecular weight excluding hydrogens is 393 g/mol. The highest BCUT2D eigenvalue weighted by Gasteiger charge is 2.47. The van der Waals surface area contributed by atoms with E-state index in [2.05, 4.69) is 0 Å². The van der Waals surface area contributed by atoms with E-state index in [4.69, 9.17) is 11.6 Å². The number of hydrogen-bond acceptors (Lipinski definition) is 3. The van der Waals surface area contributed by atoms with Gasteiger partial charge in [0, 0.05) is 16.3 Å². The molecule has 4 rings (SSSR count). The number of amides is 1. The van der Waals surface area contributed by atoms with Crippen LogP contribution in [0.25, 0.3) is 5.76 Å². The molecule has 1 N–H and O–H groups in total. The van der Waals surface area contributed by atoms with Gasteiger partial charge in [0.1, 0.15) is 11.6 Å². The van der Waals surface area contributed by atoms with Crippen LogP contribution >= 0.6 is 11.6 Å². The summed E-state index contributed by atoms with van der Waals surface area (Å²) >= 11 is 6.08. The molecule has 1 atom stereocenters. The van der Waals surface area contributed by atoms with Crippen molar-refractivity contribution in [3.8, 4) is 0 Å². The van der Waals surface area contributed by atoms with E-state index in [1.165, 1.54) is 23.1 Å². The van der Waals surface area contributed by atoms with Crippen LogP contribution in [0.1, 0.15) is 17.2 Å². The molecule has 0 aromatic heterocycles. The summed E-state index contributed by atoms with van der Waals surface area (Å²) in [6.45, 7) is 0. The number of aliphatic hydroxyl groups is 1. The Morgan fingerprint density at radius 3 is 2.34 bits per heavy atom. The molecule has 0 aliphatic carbocycles. The fraction of sp³-hybridized carbons (Fsp3) is 0.0435. The zero-order chi connectivity index (χ0) is 20.5. The number of aliphatic hydroxyl groups excluding tert-OH is 1. The number of carbonyl (C=O) groups excluding carboxylic acids is 2. The molecule has 1 fully saturated rings. The summed E-state index contributed by atoms with van der Waals surface area (Å²) in [5, 5.41) is 11.3. The van der Waals surface area contributed by atoms with Crippen LogP contribution in [0, 0.1) is 5.82 Å². The molecule has 4 nitrogen and oxygen atoms in total. The fourth-order valence-corrected chi connectivity index (χ4v) is 3.65. The van der Waals surface area contributed by atoms with E-state index in [9.17, 15) is 19.1 Å². The van der Waals surface area contributed by atoms with Gasteiger partial charge >= 0.3 is 0 Å². The second-order valence-corrected chi connectivity index (χ2v) is 7.01. The lowest BCUT2D eigenvalue weighted by molar-refractivity contribution is -0.132. The predicted octanol–water partition coefficient (Wildman–Crippen LogP) is 5.11. The van der Waals surface area contributed by atoms with E-state index in [0.717, 1.165) is 0 Å². The number of Topliss-reactive ketones (excluding diaryl/α,β-unsaturated/α-hetero) is 1. The van der Waals surface area contributed by atoms with Crippen molar-refractivity contribution in [2.75, 3.05) is 4.90 Å². The molecule has 1 unspecified atom stereocenters. The molecule has 0 spiro atoms. The standard InChI is InChI=1S/C23H15ClFNO3/c24-16-9-5-11-18(13-16)26-20(15-8-4-10-17(25)12-15)19(22(28)23(26)29)21(27)14-6-2-1-3-7-14/h1-13,20,27H/b21-19+. The van der Waals surface area contributed by atoms with Crippen molar-refractivity contribution in [3.63, 3.8) is 0 Å². The van der Waals surface area contributed by atoms with Gasteiger partial charge in [0.2, 0.25) is 0 Å². The van der Waals surface area contributed by atoms with Crippen LogP contribution < -0.4 is 4.90 Å². The maximum absolute atomic E-state index is 14.0. The van der Waals surface area contributed by atoms with Gasteiger partial charge in [0.25, 0.3) is 11.7 Å². The highest BCUT2D eigenvalue weighted by molar-refractivity contribution is 6.51. The Bertz CT molecular complexity index is 1140. The van der Waals surface area contributed by atoms with Crippen molar-refractivity contribution >= 4 is 34.7 Å². The summed E-state index contributed by atoms with van der Waals surface area (Å²) in [5.41, 5.74) is 1.02. The Balaban J connectivity index is 1.97. The molecule has 1 amide bonds. The third-order valence-corrected chi connectivity index (χ3v) is 4.98. The third-order valence-electron chi connectivity index (χ3n) is 4.74. The first-order valence-corrected chi connectivity index (χ1v) is 9.22. The fourth-order valence-electron chi connectivity index (χ4n) is 3.47. The molecular formula is C23H15ClFNO3. The van der Waals surface area contributed by atoms with Crippen LogP contribution in [0.4, 0.5) is 10.1 Å². The van der Waals surface area contributed by atoms with E-state index in [0.29, 0.717) is 21.8 Å². The first-order chi connectivity index (χ1) is 14.0. The summed E-state index contributed by atoms with van der Waals surface area (Å²) in [7, 11) is 0. The lowest BCUT2D eigenvalue weighted by Gasteiger charge is -2.25. The van der Waals surface area contributed by atoms with Gasteiger partial charge in [-0.1, -0.05) is 60.1 Å². The predicted molar refractivity (Wildman–Crippen MR) is 109 cm³/mol. The first-order valence-electron chi connectivity index (χ1n) is 8.85. The van der Waals surface area contributed by atoms with Crippen molar-refractivity contribution in [1.82, 2.24) is 0 Å². The topological polar surface area (TPSA) is 57.6 Å². The van der Waals surface area contributed by atoms with E-state index in [1.807, 2.05) is 0 Å². The number of ketones is 1. The zero-order valence-electron chi connectivity index (χ0n) is 15.0. The minimum atomic E-state index is -0.996. The van der Waals surface area contributed by atoms with E-state index >= 15 is 0 Å². The van der Waals surface area contributed by atoms with Crippen LogP contribution in [0.15, 0.2) is 84.4 Å². The maximum Gasteiger partial charge on any atom is 0.300 e. The molecule has 6 heteroatoms. The lowest BCUT2D eigenvalue weighted by Crippen LogP contribution is -2.29. The number of nitrogens with zero attached hydrogens (tertiary/aromatic N) is 1. The molecule has 1 saturated heterocycles. The molecule has 1 heterocycles. The van der Waals surface area contributed by atoms with Gasteiger partial charge in [0.05, 0.1) is 11.6 Å². The number of carbonyl (C=O) groups is 2. The maximum atomic E-state index is 14.0. The van der Waals surface area contributed by atoms with Gasteiger partial charge in [-0.05, 0) is 35.9 Å². The molecule has 0 saturated carbocycles. The number of anilines is 1. The second-order valence-electron chi connectivity index (χ2n) is 6.57. The Morgan fingerprint density at radius 2 is 1.66 bits per heavy atom. The van der Waals surface area contributed by atoms with Crippen LogP contribution in [0.3, 0.4) is 0 Å². The van der Waals surface area contributed by atoms with Crippen LogP contribution in [-0.4, -0.2) is 16.8 Å². The summed E-state index contributed by atoms with van der Waals surface area (Å²) in [6.07, 6.45) is 0. The smallest absolute Gasteiger partial charge is 0.300 e. The second kappa shape index (κ2) is 7.53. The van der Waals surface area contributed by atoms with Crippen LogP contribution in [0.5, 0.6) is 0 Å². The van der Waals surface area contributed by atoms with Gasteiger partial charge in [-0.3, -0.25) is 14.5 Å². The molecule has 3 aromatic rings. The SMILES string of the molecule is O=C1C(=O)N(c2cccc(Cl)c2)C(c2cccc(F)c2)/C1=C(\O)c1ccccc1. The molecule has 0 radical (unpaired) electrons. The average Bonchev–Trinajstić information content (AvgIpc) is 2.99. The van der Waals surface area contributed by atoms with Gasteiger partial charge in [0.15, 0.2) is 0 Å². The molecule has 0 bridgehead atoms. The van der Waals surface area contributed by atoms with Crippen LogP contribution in [0.2, 0.25) is 5.02 Å². The van der Waals surface area contributed by atoms with Crippen molar-refractivity contribution in [3.05, 3.63) is 106 Å². The highest BCUT2D eigenvalue weighted by Crippen LogP contribution is 2.42. The lowest BCUT2D eigenvalue weighted by atomic mass is 9.95. The van der Waals surface area contributed by atoms with E-state index in [1.54, 1.807) is 60.7 Å². The van der Waals surface area contributed by atoms with E-state index in [-0.39, 0.29) is 11.3 Å². The first kappa shape index (κ1) is 18.9. The minimum absolute atomic E-state index is 0.105. The zero-order valence-corrected chi connectivity index (χ0v) is 15.8. The summed E-state index contributed by atoms with van der Waals surface area (Å²) < 4.78 is 14.0. The normalized spacial score (nSPS) is 18.3. The van der Waals surface area contributed by atoms with Crippen molar-refractivity contribution in [2.45, 2.75) is 6.04 Å². The molecule has 144 valence electrons. The van der Waals surface area contributed by atoms with E-state index < -0.39 is 23.5 Å². The van der Waals surface area contributed by atoms with Gasteiger partial charge in [-0.25, -0.2) is 4.39 Å². The summed E-state index contributed by atoms with van der Waals surface area (Å²) in [4.78, 5) is 27.1. The Hall–Kier alpha value is -3.44. The Labute approximate surface area is 171 Å². The number of benzene rings is 3. The van der Waals surface area contributed by atoms with Gasteiger partial charge in [-0.2, -0.15) is 0 Å². The minimum Gasteiger partial charge on any atom is -0.507 e. The molecule has 29 heavy (non-hydrogen) atoms. The largest absolute Gasteiger partial charge is 0.507 e.